The number of rotatable bonds is 6. The van der Waals surface area contributed by atoms with Gasteiger partial charge in [0.2, 0.25) is 0 Å². The SMILES string of the molecule is C=CCNC(=O)c1ccccc1NS(=O)(=O)c1ccc(C(F)(F)F)cc1. The number of carbonyl (C=O) groups is 1. The Hall–Kier alpha value is -2.81. The van der Waals surface area contributed by atoms with Crippen LogP contribution in [0.4, 0.5) is 18.9 Å². The number of halogens is 3. The highest BCUT2D eigenvalue weighted by atomic mass is 32.2. The maximum atomic E-state index is 12.6. The molecule has 0 radical (unpaired) electrons. The second kappa shape index (κ2) is 7.61. The van der Waals surface area contributed by atoms with Crippen molar-refractivity contribution in [1.29, 1.82) is 0 Å². The molecule has 5 nitrogen and oxygen atoms in total. The third-order valence-electron chi connectivity index (χ3n) is 3.31. The lowest BCUT2D eigenvalue weighted by Gasteiger charge is -2.13. The molecule has 2 rings (SSSR count). The Balaban J connectivity index is 2.30. The van der Waals surface area contributed by atoms with Crippen LogP contribution in [0.25, 0.3) is 0 Å². The van der Waals surface area contributed by atoms with Gasteiger partial charge in [0.15, 0.2) is 0 Å². The predicted octanol–water partition coefficient (Wildman–Crippen LogP) is 3.42. The van der Waals surface area contributed by atoms with E-state index in [9.17, 15) is 26.4 Å². The quantitative estimate of drug-likeness (QED) is 0.750. The van der Waals surface area contributed by atoms with E-state index in [0.717, 1.165) is 12.1 Å². The first-order valence-electron chi connectivity index (χ1n) is 7.33. The molecule has 0 aliphatic rings. The highest BCUT2D eigenvalue weighted by Crippen LogP contribution is 2.30. The van der Waals surface area contributed by atoms with Crippen molar-refractivity contribution in [2.45, 2.75) is 11.1 Å². The zero-order chi connectivity index (χ0) is 19.4. The highest BCUT2D eigenvalue weighted by molar-refractivity contribution is 7.92. The van der Waals surface area contributed by atoms with E-state index in [0.29, 0.717) is 12.1 Å². The second-order valence-electron chi connectivity index (χ2n) is 5.17. The van der Waals surface area contributed by atoms with E-state index in [2.05, 4.69) is 16.6 Å². The first kappa shape index (κ1) is 19.5. The molecular weight excluding hydrogens is 369 g/mol. The Morgan fingerprint density at radius 2 is 1.69 bits per heavy atom. The molecule has 2 aromatic carbocycles. The fraction of sp³-hybridized carbons (Fsp3) is 0.118. The van der Waals surface area contributed by atoms with Gasteiger partial charge in [-0.15, -0.1) is 6.58 Å². The molecule has 0 aliphatic heterocycles. The van der Waals surface area contributed by atoms with Crippen LogP contribution in [0.5, 0.6) is 0 Å². The number of hydrogen-bond donors (Lipinski definition) is 2. The summed E-state index contributed by atoms with van der Waals surface area (Å²) >= 11 is 0. The van der Waals surface area contributed by atoms with Gasteiger partial charge in [0.05, 0.1) is 21.7 Å². The molecular formula is C17H15F3N2O3S. The Bertz CT molecular complexity index is 908. The summed E-state index contributed by atoms with van der Waals surface area (Å²) in [6.45, 7) is 3.66. The molecule has 0 saturated heterocycles. The van der Waals surface area contributed by atoms with Gasteiger partial charge in [-0.2, -0.15) is 13.2 Å². The maximum absolute atomic E-state index is 12.6. The number of amides is 1. The zero-order valence-electron chi connectivity index (χ0n) is 13.4. The van der Waals surface area contributed by atoms with E-state index in [1.165, 1.54) is 24.3 Å². The molecule has 0 aliphatic carbocycles. The molecule has 2 N–H and O–H groups in total. The Labute approximate surface area is 148 Å². The molecule has 0 atom stereocenters. The van der Waals surface area contributed by atoms with Crippen LogP contribution in [0.3, 0.4) is 0 Å². The summed E-state index contributed by atoms with van der Waals surface area (Å²) in [5, 5.41) is 2.52. The lowest BCUT2D eigenvalue weighted by Crippen LogP contribution is -2.25. The van der Waals surface area contributed by atoms with E-state index in [1.807, 2.05) is 0 Å². The highest BCUT2D eigenvalue weighted by Gasteiger charge is 2.30. The molecule has 9 heteroatoms. The van der Waals surface area contributed by atoms with Gasteiger partial charge in [0, 0.05) is 6.54 Å². The Morgan fingerprint density at radius 1 is 1.08 bits per heavy atom. The number of benzene rings is 2. The summed E-state index contributed by atoms with van der Waals surface area (Å²) in [6.07, 6.45) is -3.10. The van der Waals surface area contributed by atoms with Crippen molar-refractivity contribution in [3.63, 3.8) is 0 Å². The van der Waals surface area contributed by atoms with Crippen molar-refractivity contribution >= 4 is 21.6 Å². The summed E-state index contributed by atoms with van der Waals surface area (Å²) < 4.78 is 64.8. The van der Waals surface area contributed by atoms with Crippen molar-refractivity contribution in [2.24, 2.45) is 0 Å². The smallest absolute Gasteiger partial charge is 0.349 e. The van der Waals surface area contributed by atoms with Gasteiger partial charge < -0.3 is 5.32 Å². The number of carbonyl (C=O) groups excluding carboxylic acids is 1. The molecule has 26 heavy (non-hydrogen) atoms. The summed E-state index contributed by atoms with van der Waals surface area (Å²) in [4.78, 5) is 11.7. The van der Waals surface area contributed by atoms with Gasteiger partial charge in [-0.25, -0.2) is 8.42 Å². The molecule has 0 unspecified atom stereocenters. The monoisotopic (exact) mass is 384 g/mol. The summed E-state index contributed by atoms with van der Waals surface area (Å²) in [5.74, 6) is -0.518. The fourth-order valence-corrected chi connectivity index (χ4v) is 3.14. The van der Waals surface area contributed by atoms with Crippen molar-refractivity contribution in [3.05, 3.63) is 72.3 Å². The summed E-state index contributed by atoms with van der Waals surface area (Å²) in [6, 6.07) is 8.94. The van der Waals surface area contributed by atoms with E-state index in [4.69, 9.17) is 0 Å². The Kier molecular flexibility index (Phi) is 5.71. The first-order valence-corrected chi connectivity index (χ1v) is 8.81. The number of hydrogen-bond acceptors (Lipinski definition) is 3. The van der Waals surface area contributed by atoms with Crippen LogP contribution in [0.1, 0.15) is 15.9 Å². The van der Waals surface area contributed by atoms with E-state index in [-0.39, 0.29) is 22.7 Å². The molecule has 138 valence electrons. The van der Waals surface area contributed by atoms with E-state index in [1.54, 1.807) is 6.07 Å². The van der Waals surface area contributed by atoms with Gasteiger partial charge in [-0.1, -0.05) is 18.2 Å². The molecule has 0 aromatic heterocycles. The van der Waals surface area contributed by atoms with Crippen LogP contribution in [0.15, 0.2) is 66.1 Å². The number of anilines is 1. The molecule has 1 amide bonds. The first-order chi connectivity index (χ1) is 12.1. The topological polar surface area (TPSA) is 75.3 Å². The minimum absolute atomic E-state index is 0.00830. The fourth-order valence-electron chi connectivity index (χ4n) is 2.06. The molecule has 0 spiro atoms. The van der Waals surface area contributed by atoms with Crippen LogP contribution in [0, 0.1) is 0 Å². The molecule has 0 heterocycles. The lowest BCUT2D eigenvalue weighted by atomic mass is 10.1. The van der Waals surface area contributed by atoms with Gasteiger partial charge in [0.25, 0.3) is 15.9 Å². The van der Waals surface area contributed by atoms with Gasteiger partial charge in [-0.05, 0) is 36.4 Å². The van der Waals surface area contributed by atoms with Crippen LogP contribution in [-0.4, -0.2) is 20.9 Å². The molecule has 2 aromatic rings. The molecule has 0 saturated carbocycles. The van der Waals surface area contributed by atoms with Gasteiger partial charge in [-0.3, -0.25) is 9.52 Å². The number of nitrogens with one attached hydrogen (secondary N) is 2. The number of sulfonamides is 1. The maximum Gasteiger partial charge on any atom is 0.416 e. The Morgan fingerprint density at radius 3 is 2.27 bits per heavy atom. The molecule has 0 bridgehead atoms. The summed E-state index contributed by atoms with van der Waals surface area (Å²) in [7, 11) is -4.17. The van der Waals surface area contributed by atoms with Gasteiger partial charge in [0.1, 0.15) is 0 Å². The van der Waals surface area contributed by atoms with Crippen molar-refractivity contribution in [2.75, 3.05) is 11.3 Å². The third-order valence-corrected chi connectivity index (χ3v) is 4.70. The van der Waals surface area contributed by atoms with Gasteiger partial charge >= 0.3 is 6.18 Å². The summed E-state index contributed by atoms with van der Waals surface area (Å²) in [5.41, 5.74) is -0.876. The zero-order valence-corrected chi connectivity index (χ0v) is 14.2. The van der Waals surface area contributed by atoms with Crippen LogP contribution >= 0.6 is 0 Å². The van der Waals surface area contributed by atoms with Crippen LogP contribution < -0.4 is 10.0 Å². The van der Waals surface area contributed by atoms with Crippen molar-refractivity contribution in [3.8, 4) is 0 Å². The van der Waals surface area contributed by atoms with E-state index >= 15 is 0 Å². The van der Waals surface area contributed by atoms with Crippen molar-refractivity contribution < 1.29 is 26.4 Å². The minimum Gasteiger partial charge on any atom is -0.349 e. The van der Waals surface area contributed by atoms with E-state index < -0.39 is 27.7 Å². The normalized spacial score (nSPS) is 11.7. The largest absolute Gasteiger partial charge is 0.416 e. The van der Waals surface area contributed by atoms with Crippen molar-refractivity contribution in [1.82, 2.24) is 5.32 Å². The third kappa shape index (κ3) is 4.63. The lowest BCUT2D eigenvalue weighted by molar-refractivity contribution is -0.137. The molecule has 0 fully saturated rings. The van der Waals surface area contributed by atoms with Crippen LogP contribution in [0.2, 0.25) is 0 Å². The average Bonchev–Trinajstić information content (AvgIpc) is 2.59. The number of alkyl halides is 3. The predicted molar refractivity (Wildman–Crippen MR) is 91.2 cm³/mol. The standard InChI is InChI=1S/C17H15F3N2O3S/c1-2-11-21-16(23)14-5-3-4-6-15(14)22-26(24,25)13-9-7-12(8-10-13)17(18,19)20/h2-10,22H,1,11H2,(H,21,23). The minimum atomic E-state index is -4.56. The van der Waals surface area contributed by atoms with Crippen LogP contribution in [-0.2, 0) is 16.2 Å². The average molecular weight is 384 g/mol. The second-order valence-corrected chi connectivity index (χ2v) is 6.85. The number of para-hydroxylation sites is 1.